The van der Waals surface area contributed by atoms with E-state index in [0.717, 1.165) is 19.3 Å². The van der Waals surface area contributed by atoms with Gasteiger partial charge in [-0.3, -0.25) is 4.68 Å². The van der Waals surface area contributed by atoms with Gasteiger partial charge in [0.2, 0.25) is 0 Å². The number of alkyl halides is 3. The zero-order valence-electron chi connectivity index (χ0n) is 9.69. The van der Waals surface area contributed by atoms with Gasteiger partial charge in [-0.05, 0) is 31.6 Å². The van der Waals surface area contributed by atoms with E-state index in [9.17, 15) is 5.11 Å². The van der Waals surface area contributed by atoms with Crippen molar-refractivity contribution in [1.29, 1.82) is 0 Å². The molecule has 1 heterocycles. The van der Waals surface area contributed by atoms with Crippen LogP contribution in [0, 0.1) is 5.92 Å². The molecule has 2 saturated carbocycles. The van der Waals surface area contributed by atoms with Crippen LogP contribution in [-0.4, -0.2) is 33.6 Å². The van der Waals surface area contributed by atoms with Gasteiger partial charge in [-0.15, -0.1) is 11.6 Å². The van der Waals surface area contributed by atoms with Gasteiger partial charge in [0, 0.05) is 0 Å². The summed E-state index contributed by atoms with van der Waals surface area (Å²) in [5.74, 6) is 0.405. The van der Waals surface area contributed by atoms with Crippen molar-refractivity contribution >= 4 is 43.5 Å². The van der Waals surface area contributed by atoms with Gasteiger partial charge in [-0.1, -0.05) is 31.9 Å². The van der Waals surface area contributed by atoms with Gasteiger partial charge >= 0.3 is 0 Å². The van der Waals surface area contributed by atoms with Crippen LogP contribution in [0.1, 0.15) is 25.7 Å². The predicted octanol–water partition coefficient (Wildman–Crippen LogP) is 2.68. The van der Waals surface area contributed by atoms with Crippen molar-refractivity contribution < 1.29 is 5.11 Å². The van der Waals surface area contributed by atoms with Crippen molar-refractivity contribution in [1.82, 2.24) is 14.8 Å². The summed E-state index contributed by atoms with van der Waals surface area (Å²) in [7, 11) is 0. The van der Waals surface area contributed by atoms with E-state index in [0.29, 0.717) is 18.9 Å². The monoisotopic (exact) mass is 397 g/mol. The van der Waals surface area contributed by atoms with Crippen molar-refractivity contribution in [2.24, 2.45) is 5.92 Å². The normalized spacial score (nSPS) is 30.8. The Morgan fingerprint density at radius 1 is 1.50 bits per heavy atom. The molecule has 0 radical (unpaired) electrons. The third-order valence-electron chi connectivity index (χ3n) is 3.95. The second-order valence-corrected chi connectivity index (χ2v) is 10.1. The van der Waals surface area contributed by atoms with E-state index >= 15 is 0 Å². The second kappa shape index (κ2) is 4.17. The minimum absolute atomic E-state index is 0.0154. The summed E-state index contributed by atoms with van der Waals surface area (Å²) in [6, 6.07) is 0. The first-order valence-electron chi connectivity index (χ1n) is 5.96. The number of hydrogen-bond donors (Lipinski definition) is 1. The van der Waals surface area contributed by atoms with Crippen LogP contribution < -0.4 is 0 Å². The fraction of sp³-hybridized carbons (Fsp3) is 0.818. The lowest BCUT2D eigenvalue weighted by Gasteiger charge is -2.33. The van der Waals surface area contributed by atoms with Gasteiger partial charge in [0.25, 0.3) is 0 Å². The summed E-state index contributed by atoms with van der Waals surface area (Å²) in [5, 5.41) is 15.0. The summed E-state index contributed by atoms with van der Waals surface area (Å²) in [5.41, 5.74) is -0.920. The molecule has 0 saturated heterocycles. The highest BCUT2D eigenvalue weighted by molar-refractivity contribution is 9.25. The highest BCUT2D eigenvalue weighted by Crippen LogP contribution is 2.63. The van der Waals surface area contributed by atoms with E-state index in [4.69, 9.17) is 11.6 Å². The van der Waals surface area contributed by atoms with Gasteiger partial charge in [0.15, 0.2) is 0 Å². The number of nitrogens with zero attached hydrogens (tertiary/aromatic N) is 3. The SMILES string of the molecule is OC(CC1CC1(Br)Br)(Cn1cncn1)C1(Cl)CC1. The standard InChI is InChI=1S/C11H14Br2ClN3O/c12-11(13)4-8(11)3-10(18,9(14)1-2-9)5-17-7-15-6-16-17/h6-8,18H,1-5H2. The molecule has 2 atom stereocenters. The Balaban J connectivity index is 1.76. The Hall–Kier alpha value is 0.350. The summed E-state index contributed by atoms with van der Waals surface area (Å²) in [6.07, 6.45) is 6.52. The molecule has 1 N–H and O–H groups in total. The van der Waals surface area contributed by atoms with Crippen molar-refractivity contribution in [2.45, 2.75) is 45.9 Å². The molecule has 18 heavy (non-hydrogen) atoms. The molecule has 0 bridgehead atoms. The third kappa shape index (κ3) is 2.37. The molecular weight excluding hydrogens is 385 g/mol. The summed E-state index contributed by atoms with van der Waals surface area (Å²) in [6.45, 7) is 0.406. The zero-order chi connectivity index (χ0) is 13.0. The number of rotatable bonds is 5. The van der Waals surface area contributed by atoms with Gasteiger partial charge in [-0.2, -0.15) is 5.10 Å². The first-order chi connectivity index (χ1) is 8.35. The van der Waals surface area contributed by atoms with Gasteiger partial charge in [-0.25, -0.2) is 4.98 Å². The van der Waals surface area contributed by atoms with Gasteiger partial charge in [0.1, 0.15) is 18.3 Å². The number of aromatic nitrogens is 3. The molecule has 3 rings (SSSR count). The van der Waals surface area contributed by atoms with Crippen LogP contribution >= 0.6 is 43.5 Å². The van der Waals surface area contributed by atoms with Crippen LogP contribution in [-0.2, 0) is 6.54 Å². The van der Waals surface area contributed by atoms with Crippen LogP contribution in [0.25, 0.3) is 0 Å². The smallest absolute Gasteiger partial charge is 0.137 e. The Labute approximate surface area is 127 Å². The largest absolute Gasteiger partial charge is 0.386 e. The van der Waals surface area contributed by atoms with Crippen LogP contribution in [0.3, 0.4) is 0 Å². The van der Waals surface area contributed by atoms with Crippen molar-refractivity contribution in [3.05, 3.63) is 12.7 Å². The third-order valence-corrected chi connectivity index (χ3v) is 6.63. The first kappa shape index (κ1) is 13.3. The van der Waals surface area contributed by atoms with E-state index in [1.165, 1.54) is 6.33 Å². The van der Waals surface area contributed by atoms with Gasteiger partial charge in [0.05, 0.1) is 14.7 Å². The minimum atomic E-state index is -0.920. The van der Waals surface area contributed by atoms with Crippen molar-refractivity contribution in [3.63, 3.8) is 0 Å². The molecule has 2 fully saturated rings. The maximum atomic E-state index is 11.0. The minimum Gasteiger partial charge on any atom is -0.386 e. The van der Waals surface area contributed by atoms with E-state index < -0.39 is 10.5 Å². The Bertz CT molecular complexity index is 449. The molecule has 2 unspecified atom stereocenters. The summed E-state index contributed by atoms with van der Waals surface area (Å²) < 4.78 is 1.65. The Morgan fingerprint density at radius 3 is 2.61 bits per heavy atom. The molecule has 2 aliphatic rings. The lowest BCUT2D eigenvalue weighted by molar-refractivity contribution is -0.00570. The van der Waals surface area contributed by atoms with Crippen molar-refractivity contribution in [2.75, 3.05) is 0 Å². The molecule has 7 heteroatoms. The highest BCUT2D eigenvalue weighted by atomic mass is 79.9. The maximum absolute atomic E-state index is 11.0. The fourth-order valence-corrected chi connectivity index (χ4v) is 3.78. The van der Waals surface area contributed by atoms with Gasteiger partial charge < -0.3 is 5.11 Å². The molecule has 0 aromatic carbocycles. The Morgan fingerprint density at radius 2 is 2.17 bits per heavy atom. The average Bonchev–Trinajstić information content (AvgIpc) is 3.06. The average molecular weight is 400 g/mol. The van der Waals surface area contributed by atoms with E-state index in [2.05, 4.69) is 41.9 Å². The predicted molar refractivity (Wildman–Crippen MR) is 76.1 cm³/mol. The van der Waals surface area contributed by atoms with Crippen molar-refractivity contribution in [3.8, 4) is 0 Å². The number of halogens is 3. The molecule has 2 aliphatic carbocycles. The van der Waals surface area contributed by atoms with E-state index in [1.807, 2.05) is 0 Å². The molecule has 0 spiro atoms. The van der Waals surface area contributed by atoms with E-state index in [-0.39, 0.29) is 3.23 Å². The number of hydrogen-bond acceptors (Lipinski definition) is 3. The molecule has 4 nitrogen and oxygen atoms in total. The second-order valence-electron chi connectivity index (χ2n) is 5.46. The summed E-state index contributed by atoms with van der Waals surface area (Å²) >= 11 is 13.7. The molecular formula is C11H14Br2ClN3O. The molecule has 1 aromatic rings. The summed E-state index contributed by atoms with van der Waals surface area (Å²) in [4.78, 5) is 3.42. The lowest BCUT2D eigenvalue weighted by atomic mass is 9.90. The molecule has 0 amide bonds. The highest BCUT2D eigenvalue weighted by Gasteiger charge is 2.62. The molecule has 0 aliphatic heterocycles. The quantitative estimate of drug-likeness (QED) is 0.775. The first-order valence-corrected chi connectivity index (χ1v) is 7.93. The Kier molecular flexibility index (Phi) is 3.09. The van der Waals surface area contributed by atoms with Crippen LogP contribution in [0.5, 0.6) is 0 Å². The van der Waals surface area contributed by atoms with E-state index in [1.54, 1.807) is 11.0 Å². The fourth-order valence-electron chi connectivity index (χ4n) is 2.45. The van der Waals surface area contributed by atoms with Crippen LogP contribution in [0.15, 0.2) is 12.7 Å². The molecule has 1 aromatic heterocycles. The zero-order valence-corrected chi connectivity index (χ0v) is 13.6. The van der Waals surface area contributed by atoms with Crippen LogP contribution in [0.2, 0.25) is 0 Å². The lowest BCUT2D eigenvalue weighted by Crippen LogP contribution is -2.46. The topological polar surface area (TPSA) is 50.9 Å². The van der Waals surface area contributed by atoms with Crippen LogP contribution in [0.4, 0.5) is 0 Å². The number of aliphatic hydroxyl groups is 1. The molecule has 100 valence electrons. The maximum Gasteiger partial charge on any atom is 0.137 e.